The van der Waals surface area contributed by atoms with Gasteiger partial charge in [-0.25, -0.2) is 0 Å². The molecule has 0 saturated heterocycles. The van der Waals surface area contributed by atoms with Crippen molar-refractivity contribution in [3.05, 3.63) is 36.5 Å². The number of unbranched alkanes of at least 4 members (excludes halogenated alkanes) is 3. The molecule has 0 saturated carbocycles. The molecule has 0 amide bonds. The lowest BCUT2D eigenvalue weighted by atomic mass is 10.1. The third kappa shape index (κ3) is 15.3. The summed E-state index contributed by atoms with van der Waals surface area (Å²) in [5, 5.41) is 8.97. The molecule has 132 valence electrons. The van der Waals surface area contributed by atoms with Gasteiger partial charge in [0.05, 0.1) is 6.61 Å². The van der Waals surface area contributed by atoms with Crippen LogP contribution in [0.25, 0.3) is 0 Å². The van der Waals surface area contributed by atoms with Gasteiger partial charge in [0, 0.05) is 6.42 Å². The molecule has 23 heavy (non-hydrogen) atoms. The van der Waals surface area contributed by atoms with Crippen molar-refractivity contribution in [2.75, 3.05) is 6.61 Å². The van der Waals surface area contributed by atoms with Crippen LogP contribution in [-0.4, -0.2) is 23.8 Å². The second kappa shape index (κ2) is 17.0. The number of carbonyl (C=O) groups excluding carboxylic acids is 1. The fourth-order valence-corrected chi connectivity index (χ4v) is 2.03. The molecule has 0 aromatic rings. The van der Waals surface area contributed by atoms with Gasteiger partial charge in [-0.15, -0.1) is 0 Å². The minimum Gasteiger partial charge on any atom is -0.460 e. The van der Waals surface area contributed by atoms with E-state index in [9.17, 15) is 4.79 Å². The van der Waals surface area contributed by atoms with Crippen LogP contribution in [0.5, 0.6) is 0 Å². The third-order valence-electron chi connectivity index (χ3n) is 3.49. The predicted octanol–water partition coefficient (Wildman–Crippen LogP) is 5.11. The molecule has 0 aromatic carbocycles. The Morgan fingerprint density at radius 3 is 2.22 bits per heavy atom. The molecule has 0 radical (unpaired) electrons. The number of hydrogen-bond donors (Lipinski definition) is 1. The summed E-state index contributed by atoms with van der Waals surface area (Å²) in [6.07, 6.45) is 21.1. The first kappa shape index (κ1) is 21.6. The zero-order chi connectivity index (χ0) is 17.2. The Morgan fingerprint density at radius 2 is 1.61 bits per heavy atom. The number of hydrogen-bond acceptors (Lipinski definition) is 3. The van der Waals surface area contributed by atoms with E-state index in [2.05, 4.69) is 43.4 Å². The van der Waals surface area contributed by atoms with Gasteiger partial charge in [-0.3, -0.25) is 4.79 Å². The Hall–Kier alpha value is -1.35. The Bertz CT molecular complexity index is 352. The zero-order valence-electron chi connectivity index (χ0n) is 14.9. The van der Waals surface area contributed by atoms with Gasteiger partial charge in [0.15, 0.2) is 0 Å². The average molecular weight is 322 g/mol. The van der Waals surface area contributed by atoms with Gasteiger partial charge in [0.25, 0.3) is 0 Å². The topological polar surface area (TPSA) is 46.5 Å². The summed E-state index contributed by atoms with van der Waals surface area (Å²) >= 11 is 0. The van der Waals surface area contributed by atoms with Crippen LogP contribution >= 0.6 is 0 Å². The number of ether oxygens (including phenoxy) is 1. The van der Waals surface area contributed by atoms with Gasteiger partial charge in [-0.2, -0.15) is 0 Å². The lowest BCUT2D eigenvalue weighted by molar-refractivity contribution is -0.151. The molecule has 1 atom stereocenters. The van der Waals surface area contributed by atoms with Crippen molar-refractivity contribution in [1.82, 2.24) is 0 Å². The Kier molecular flexibility index (Phi) is 16.0. The molecule has 1 N–H and O–H groups in total. The van der Waals surface area contributed by atoms with Crippen LogP contribution in [0.3, 0.4) is 0 Å². The van der Waals surface area contributed by atoms with Gasteiger partial charge < -0.3 is 9.84 Å². The van der Waals surface area contributed by atoms with Gasteiger partial charge in [-0.1, -0.05) is 56.7 Å². The van der Waals surface area contributed by atoms with E-state index in [1.807, 2.05) is 6.92 Å². The maximum absolute atomic E-state index is 11.5. The average Bonchev–Trinajstić information content (AvgIpc) is 2.56. The molecule has 0 bridgehead atoms. The number of allylic oxidation sites excluding steroid dienone is 6. The molecule has 1 unspecified atom stereocenters. The van der Waals surface area contributed by atoms with Crippen molar-refractivity contribution in [1.29, 1.82) is 0 Å². The highest BCUT2D eigenvalue weighted by Gasteiger charge is 2.10. The molecule has 0 aliphatic rings. The van der Waals surface area contributed by atoms with Crippen LogP contribution in [0.1, 0.15) is 71.6 Å². The highest BCUT2D eigenvalue weighted by Crippen LogP contribution is 2.07. The van der Waals surface area contributed by atoms with E-state index in [1.54, 1.807) is 0 Å². The smallest absolute Gasteiger partial charge is 0.306 e. The number of carbonyl (C=O) groups is 1. The maximum atomic E-state index is 11.5. The molecule has 0 aliphatic carbocycles. The minimum absolute atomic E-state index is 0.0869. The van der Waals surface area contributed by atoms with E-state index in [4.69, 9.17) is 9.84 Å². The van der Waals surface area contributed by atoms with Crippen LogP contribution in [0, 0.1) is 0 Å². The van der Waals surface area contributed by atoms with Gasteiger partial charge in [-0.05, 0) is 44.9 Å². The summed E-state index contributed by atoms with van der Waals surface area (Å²) in [5.41, 5.74) is 0. The van der Waals surface area contributed by atoms with Crippen LogP contribution in [0.15, 0.2) is 36.5 Å². The minimum atomic E-state index is -0.337. The van der Waals surface area contributed by atoms with Crippen molar-refractivity contribution in [2.24, 2.45) is 0 Å². The van der Waals surface area contributed by atoms with E-state index in [0.29, 0.717) is 12.8 Å². The van der Waals surface area contributed by atoms with Crippen LogP contribution in [0.4, 0.5) is 0 Å². The van der Waals surface area contributed by atoms with E-state index in [1.165, 1.54) is 0 Å². The summed E-state index contributed by atoms with van der Waals surface area (Å²) in [4.78, 5) is 11.5. The molecule has 0 heterocycles. The standard InChI is InChI=1S/C20H34O3/c1-3-5-6-7-8-9-10-11-12-13-14-15-16-17-20(22)23-19(4-2)18-21/h5-6,8-9,11-12,19,21H,3-4,7,10,13-18H2,1-2H3/b6-5-,9-8-,12-11-. The van der Waals surface area contributed by atoms with Crippen LogP contribution in [-0.2, 0) is 9.53 Å². The van der Waals surface area contributed by atoms with E-state index >= 15 is 0 Å². The molecule has 0 rings (SSSR count). The molecule has 3 nitrogen and oxygen atoms in total. The van der Waals surface area contributed by atoms with Crippen LogP contribution in [0.2, 0.25) is 0 Å². The highest BCUT2D eigenvalue weighted by atomic mass is 16.5. The Labute approximate surface area is 142 Å². The molecular weight excluding hydrogens is 288 g/mol. The molecule has 0 aliphatic heterocycles. The second-order valence-electron chi connectivity index (χ2n) is 5.60. The Balaban J connectivity index is 3.46. The summed E-state index contributed by atoms with van der Waals surface area (Å²) in [6.45, 7) is 3.96. The zero-order valence-corrected chi connectivity index (χ0v) is 14.9. The summed E-state index contributed by atoms with van der Waals surface area (Å²) in [6, 6.07) is 0. The largest absolute Gasteiger partial charge is 0.460 e. The number of aliphatic hydroxyl groups is 1. The SMILES string of the molecule is CC/C=C\C/C=C\C/C=C\CCCCCC(=O)OC(CC)CO. The highest BCUT2D eigenvalue weighted by molar-refractivity contribution is 5.69. The number of esters is 1. The van der Waals surface area contributed by atoms with Gasteiger partial charge in [0.1, 0.15) is 6.10 Å². The fourth-order valence-electron chi connectivity index (χ4n) is 2.03. The van der Waals surface area contributed by atoms with Crippen LogP contribution < -0.4 is 0 Å². The van der Waals surface area contributed by atoms with Crippen molar-refractivity contribution < 1.29 is 14.6 Å². The maximum Gasteiger partial charge on any atom is 0.306 e. The number of rotatable bonds is 14. The molecule has 0 fully saturated rings. The van der Waals surface area contributed by atoms with E-state index < -0.39 is 0 Å². The molecular formula is C20H34O3. The lowest BCUT2D eigenvalue weighted by Crippen LogP contribution is -2.20. The summed E-state index contributed by atoms with van der Waals surface area (Å²) in [7, 11) is 0. The monoisotopic (exact) mass is 322 g/mol. The van der Waals surface area contributed by atoms with Gasteiger partial charge in [0.2, 0.25) is 0 Å². The number of aliphatic hydroxyl groups excluding tert-OH is 1. The summed E-state index contributed by atoms with van der Waals surface area (Å²) < 4.78 is 5.14. The first-order valence-electron chi connectivity index (χ1n) is 8.99. The van der Waals surface area contributed by atoms with Crippen molar-refractivity contribution >= 4 is 5.97 Å². The van der Waals surface area contributed by atoms with Crippen molar-refractivity contribution in [2.45, 2.75) is 77.7 Å². The molecule has 0 spiro atoms. The first-order valence-corrected chi connectivity index (χ1v) is 8.99. The van der Waals surface area contributed by atoms with E-state index in [0.717, 1.165) is 44.9 Å². The normalized spacial score (nSPS) is 13.3. The summed E-state index contributed by atoms with van der Waals surface area (Å²) in [5.74, 6) is -0.191. The van der Waals surface area contributed by atoms with Gasteiger partial charge >= 0.3 is 5.97 Å². The predicted molar refractivity (Wildman–Crippen MR) is 97.3 cm³/mol. The first-order chi connectivity index (χ1) is 11.2. The van der Waals surface area contributed by atoms with Crippen molar-refractivity contribution in [3.63, 3.8) is 0 Å². The van der Waals surface area contributed by atoms with Crippen molar-refractivity contribution in [3.8, 4) is 0 Å². The lowest BCUT2D eigenvalue weighted by Gasteiger charge is -2.12. The van der Waals surface area contributed by atoms with E-state index in [-0.39, 0.29) is 18.7 Å². The molecule has 3 heteroatoms. The second-order valence-corrected chi connectivity index (χ2v) is 5.60. The third-order valence-corrected chi connectivity index (χ3v) is 3.49. The quantitative estimate of drug-likeness (QED) is 0.275. The Morgan fingerprint density at radius 1 is 0.957 bits per heavy atom. The fraction of sp³-hybridized carbons (Fsp3) is 0.650. The molecule has 0 aromatic heterocycles.